The third-order valence-corrected chi connectivity index (χ3v) is 12.0. The Morgan fingerprint density at radius 3 is 2.31 bits per heavy atom. The van der Waals surface area contributed by atoms with Crippen LogP contribution in [0.25, 0.3) is 0 Å². The topological polar surface area (TPSA) is 265 Å². The largest absolute Gasteiger partial charge is 0.370 e. The van der Waals surface area contributed by atoms with Crippen LogP contribution in [0.1, 0.15) is 89.7 Å². The van der Waals surface area contributed by atoms with Gasteiger partial charge in [-0.1, -0.05) is 64.3 Å². The number of aliphatic imine (C=N–C) groups is 1. The molecule has 320 valence electrons. The number of amides is 7. The number of fused-ring (bicyclic) bond motifs is 3. The first-order valence-electron chi connectivity index (χ1n) is 20.2. The summed E-state index contributed by atoms with van der Waals surface area (Å²) >= 11 is 1.37. The fourth-order valence-electron chi connectivity index (χ4n) is 7.71. The van der Waals surface area contributed by atoms with Crippen LogP contribution in [0.4, 0.5) is 0 Å². The summed E-state index contributed by atoms with van der Waals surface area (Å²) in [5.41, 5.74) is 17.5. The van der Waals surface area contributed by atoms with E-state index in [-0.39, 0.29) is 55.4 Å². The highest BCUT2D eigenvalue weighted by molar-refractivity contribution is 7.98. The van der Waals surface area contributed by atoms with Gasteiger partial charge >= 0.3 is 0 Å². The summed E-state index contributed by atoms with van der Waals surface area (Å²) in [6.07, 6.45) is 5.56. The van der Waals surface area contributed by atoms with Crippen LogP contribution in [-0.4, -0.2) is 120 Å². The maximum absolute atomic E-state index is 14.4. The number of nitrogens with two attached hydrogens (primary N) is 3. The summed E-state index contributed by atoms with van der Waals surface area (Å²) in [5, 5.41) is 11.4. The van der Waals surface area contributed by atoms with Crippen molar-refractivity contribution in [2.24, 2.45) is 33.5 Å². The summed E-state index contributed by atoms with van der Waals surface area (Å²) < 4.78 is 0. The lowest BCUT2D eigenvalue weighted by Crippen LogP contribution is -2.61. The number of likely N-dealkylation sites (N-methyl/N-ethyl adjacent to an activating group) is 1. The second-order valence-corrected chi connectivity index (χ2v) is 17.7. The molecule has 10 N–H and O–H groups in total. The van der Waals surface area contributed by atoms with Gasteiger partial charge < -0.3 is 48.3 Å². The Morgan fingerprint density at radius 2 is 1.64 bits per heavy atom. The van der Waals surface area contributed by atoms with Gasteiger partial charge in [0, 0.05) is 31.6 Å². The van der Waals surface area contributed by atoms with Crippen molar-refractivity contribution in [1.82, 2.24) is 31.1 Å². The second kappa shape index (κ2) is 21.2. The van der Waals surface area contributed by atoms with Crippen LogP contribution in [0.2, 0.25) is 0 Å². The highest BCUT2D eigenvalue weighted by atomic mass is 32.2. The summed E-state index contributed by atoms with van der Waals surface area (Å²) in [4.78, 5) is 102. The fourth-order valence-corrected chi connectivity index (χ4v) is 8.72. The van der Waals surface area contributed by atoms with Crippen molar-refractivity contribution < 1.29 is 33.6 Å². The summed E-state index contributed by atoms with van der Waals surface area (Å²) in [6, 6.07) is 2.27. The zero-order chi connectivity index (χ0) is 42.6. The average molecular weight is 827 g/mol. The third kappa shape index (κ3) is 13.3. The van der Waals surface area contributed by atoms with Gasteiger partial charge in [0.25, 0.3) is 0 Å². The molecule has 7 amide bonds. The number of nitrogens with zero attached hydrogens (tertiary/aromatic N) is 3. The van der Waals surface area contributed by atoms with Gasteiger partial charge in [0.2, 0.25) is 41.4 Å². The van der Waals surface area contributed by atoms with Gasteiger partial charge in [-0.05, 0) is 61.0 Å². The van der Waals surface area contributed by atoms with Crippen LogP contribution in [0.3, 0.4) is 0 Å². The highest BCUT2D eigenvalue weighted by Crippen LogP contribution is 2.28. The molecular formula is C40H62N10O7S. The summed E-state index contributed by atoms with van der Waals surface area (Å²) in [5.74, 6) is -3.47. The van der Waals surface area contributed by atoms with Crippen molar-refractivity contribution in [3.8, 4) is 0 Å². The highest BCUT2D eigenvalue weighted by Gasteiger charge is 2.40. The predicted octanol–water partition coefficient (Wildman–Crippen LogP) is 0.0298. The second-order valence-electron chi connectivity index (χ2n) is 16.7. The van der Waals surface area contributed by atoms with Gasteiger partial charge in [0.05, 0.1) is 13.0 Å². The Balaban J connectivity index is 1.67. The van der Waals surface area contributed by atoms with Gasteiger partial charge in [0.15, 0.2) is 5.96 Å². The third-order valence-electron chi connectivity index (χ3n) is 10.9. The molecule has 2 fully saturated rings. The average Bonchev–Trinajstić information content (AvgIpc) is 3.66. The maximum atomic E-state index is 14.4. The lowest BCUT2D eigenvalue weighted by atomic mass is 9.83. The molecule has 2 heterocycles. The van der Waals surface area contributed by atoms with Crippen LogP contribution in [-0.2, 0) is 45.7 Å². The predicted molar refractivity (Wildman–Crippen MR) is 222 cm³/mol. The quantitative estimate of drug-likeness (QED) is 0.0946. The molecule has 5 atom stereocenters. The zero-order valence-electron chi connectivity index (χ0n) is 34.2. The zero-order valence-corrected chi connectivity index (χ0v) is 35.0. The van der Waals surface area contributed by atoms with Crippen molar-refractivity contribution in [3.63, 3.8) is 0 Å². The van der Waals surface area contributed by atoms with E-state index >= 15 is 0 Å². The number of benzene rings is 1. The van der Waals surface area contributed by atoms with Gasteiger partial charge in [0.1, 0.15) is 30.2 Å². The minimum Gasteiger partial charge on any atom is -0.370 e. The van der Waals surface area contributed by atoms with Crippen LogP contribution in [0.5, 0.6) is 0 Å². The molecule has 0 aromatic heterocycles. The van der Waals surface area contributed by atoms with Crippen LogP contribution in [0, 0.1) is 11.3 Å². The smallest absolute Gasteiger partial charge is 0.244 e. The van der Waals surface area contributed by atoms with Crippen molar-refractivity contribution >= 4 is 59.1 Å². The minimum atomic E-state index is -1.16. The first-order chi connectivity index (χ1) is 27.4. The molecule has 0 spiro atoms. The number of rotatable bonds is 10. The van der Waals surface area contributed by atoms with E-state index in [0.29, 0.717) is 44.4 Å². The molecule has 1 aliphatic carbocycles. The number of carbonyl (C=O) groups is 7. The summed E-state index contributed by atoms with van der Waals surface area (Å²) in [6.45, 7) is 5.58. The first kappa shape index (κ1) is 45.8. The van der Waals surface area contributed by atoms with Crippen molar-refractivity contribution in [1.29, 1.82) is 0 Å². The standard InChI is InChI=1S/C40H62N10O7S/c1-40(2,3)33(34(41)53)48-35(54)27(15-9-17-44-39(42)43)45-36(55)28-23-58-22-25-12-8-11-24(19-25)20-30(51)49(4)21-31(52)50-18-10-16-29(50)37(56)47-32(38(57)46-28)26-13-6-5-7-14-26/h8,11-12,19,26-29,32-33H,5-7,9-10,13-18,20-23H2,1-4H3,(H2,41,53)(H,45,55)(H,46,57)(H,47,56)(H,48,54)(H4,42,43,44). The van der Waals surface area contributed by atoms with E-state index in [1.54, 1.807) is 27.8 Å². The van der Waals surface area contributed by atoms with Crippen LogP contribution >= 0.6 is 11.8 Å². The lowest BCUT2D eigenvalue weighted by molar-refractivity contribution is -0.143. The molecule has 3 aliphatic rings. The van der Waals surface area contributed by atoms with Crippen molar-refractivity contribution in [3.05, 3.63) is 35.4 Å². The molecule has 2 bridgehead atoms. The van der Waals surface area contributed by atoms with Gasteiger partial charge in [-0.3, -0.25) is 38.6 Å². The Labute approximate surface area is 345 Å². The number of hydrogen-bond donors (Lipinski definition) is 7. The Morgan fingerprint density at radius 1 is 0.931 bits per heavy atom. The van der Waals surface area contributed by atoms with E-state index in [1.807, 2.05) is 24.3 Å². The van der Waals surface area contributed by atoms with E-state index in [4.69, 9.17) is 17.2 Å². The van der Waals surface area contributed by atoms with Gasteiger partial charge in [-0.2, -0.15) is 11.8 Å². The molecule has 17 nitrogen and oxygen atoms in total. The fraction of sp³-hybridized carbons (Fsp3) is 0.650. The molecule has 58 heavy (non-hydrogen) atoms. The Kier molecular flexibility index (Phi) is 16.8. The SMILES string of the molecule is CN1CC(=O)N2CCCC2C(=O)NC(C2CCCCC2)C(=O)NC(C(=O)NC(CCCN=C(N)N)C(=O)NC(C(N)=O)C(C)(C)C)CSCc2cccc(c2)CC1=O. The molecule has 1 saturated heterocycles. The first-order valence-corrected chi connectivity index (χ1v) is 21.3. The Hall–Kier alpha value is -4.87. The molecular weight excluding hydrogens is 765 g/mol. The molecule has 1 aromatic rings. The molecule has 0 radical (unpaired) electrons. The number of guanidine groups is 1. The minimum absolute atomic E-state index is 0.0643. The van der Waals surface area contributed by atoms with Gasteiger partial charge in [-0.25, -0.2) is 0 Å². The number of primary amides is 1. The van der Waals surface area contributed by atoms with E-state index in [2.05, 4.69) is 26.3 Å². The molecule has 5 unspecified atom stereocenters. The number of nitrogens with one attached hydrogen (secondary N) is 4. The normalized spacial score (nSPS) is 22.9. The molecule has 2 aliphatic heterocycles. The van der Waals surface area contributed by atoms with Gasteiger partial charge in [-0.15, -0.1) is 0 Å². The van der Waals surface area contributed by atoms with E-state index in [0.717, 1.165) is 30.4 Å². The van der Waals surface area contributed by atoms with Crippen LogP contribution in [0.15, 0.2) is 29.3 Å². The molecule has 1 aromatic carbocycles. The van der Waals surface area contributed by atoms with E-state index < -0.39 is 65.2 Å². The Bertz CT molecular complexity index is 1690. The number of carbonyl (C=O) groups excluding carboxylic acids is 7. The number of thioether (sulfide) groups is 1. The van der Waals surface area contributed by atoms with Crippen molar-refractivity contribution in [2.45, 2.75) is 121 Å². The number of hydrogen-bond acceptors (Lipinski definition) is 9. The van der Waals surface area contributed by atoms with Crippen molar-refractivity contribution in [2.75, 3.05) is 32.4 Å². The van der Waals surface area contributed by atoms with E-state index in [1.165, 1.54) is 21.6 Å². The van der Waals surface area contributed by atoms with Crippen LogP contribution < -0.4 is 38.5 Å². The monoisotopic (exact) mass is 826 g/mol. The lowest BCUT2D eigenvalue weighted by Gasteiger charge is -2.33. The molecule has 18 heteroatoms. The van der Waals surface area contributed by atoms with E-state index in [9.17, 15) is 33.6 Å². The molecule has 4 rings (SSSR count). The maximum Gasteiger partial charge on any atom is 0.244 e. The summed E-state index contributed by atoms with van der Waals surface area (Å²) in [7, 11) is 1.57. The molecule has 1 saturated carbocycles.